The van der Waals surface area contributed by atoms with Crippen LogP contribution in [-0.4, -0.2) is 60.6 Å². The van der Waals surface area contributed by atoms with Crippen LogP contribution in [0.2, 0.25) is 0 Å². The van der Waals surface area contributed by atoms with Crippen molar-refractivity contribution in [2.45, 2.75) is 19.8 Å². The van der Waals surface area contributed by atoms with Crippen molar-refractivity contribution in [2.75, 3.05) is 32.9 Å². The van der Waals surface area contributed by atoms with Crippen molar-refractivity contribution in [3.8, 4) is 0 Å². The van der Waals surface area contributed by atoms with Gasteiger partial charge in [0, 0.05) is 18.5 Å². The number of hydrogen-bond acceptors (Lipinski definition) is 7. The summed E-state index contributed by atoms with van der Waals surface area (Å²) in [5, 5.41) is 2.00. The van der Waals surface area contributed by atoms with Crippen LogP contribution in [0.5, 0.6) is 0 Å². The van der Waals surface area contributed by atoms with Crippen molar-refractivity contribution in [3.63, 3.8) is 0 Å². The van der Waals surface area contributed by atoms with Crippen LogP contribution in [0.1, 0.15) is 30.3 Å². The van der Waals surface area contributed by atoms with Crippen molar-refractivity contribution in [2.24, 2.45) is 22.4 Å². The van der Waals surface area contributed by atoms with Crippen molar-refractivity contribution >= 4 is 34.3 Å². The van der Waals surface area contributed by atoms with Gasteiger partial charge in [0.2, 0.25) is 5.13 Å². The predicted octanol–water partition coefficient (Wildman–Crippen LogP) is 0.480. The molecule has 0 aliphatic carbocycles. The summed E-state index contributed by atoms with van der Waals surface area (Å²) in [6.45, 7) is 3.67. The first kappa shape index (κ1) is 19.1. The lowest BCUT2D eigenvalue weighted by atomic mass is 9.99. The summed E-state index contributed by atoms with van der Waals surface area (Å²) < 4.78 is 10.2. The van der Waals surface area contributed by atoms with Gasteiger partial charge in [-0.05, 0) is 25.7 Å². The number of piperidine rings is 1. The third-order valence-electron chi connectivity index (χ3n) is 3.62. The first-order valence-corrected chi connectivity index (χ1v) is 8.95. The topological polar surface area (TPSA) is 133 Å². The lowest BCUT2D eigenvalue weighted by Crippen LogP contribution is -2.41. The molecule has 1 unspecified atom stereocenters. The Hall–Kier alpha value is -2.20. The second-order valence-corrected chi connectivity index (χ2v) is 6.47. The summed E-state index contributed by atoms with van der Waals surface area (Å²) in [6, 6.07) is 0. The van der Waals surface area contributed by atoms with E-state index in [9.17, 15) is 9.59 Å². The zero-order chi connectivity index (χ0) is 18.2. The largest absolute Gasteiger partial charge is 0.464 e. The lowest BCUT2D eigenvalue weighted by molar-refractivity contribution is -0.149. The molecule has 0 saturated carbocycles. The lowest BCUT2D eigenvalue weighted by Gasteiger charge is -2.32. The van der Waals surface area contributed by atoms with Gasteiger partial charge in [0.15, 0.2) is 5.96 Å². The van der Waals surface area contributed by atoms with Crippen LogP contribution in [0, 0.1) is 5.92 Å². The number of nitrogens with zero attached hydrogens (tertiary/aromatic N) is 3. The molecule has 25 heavy (non-hydrogen) atoms. The van der Waals surface area contributed by atoms with E-state index in [1.165, 1.54) is 11.3 Å². The Morgan fingerprint density at radius 3 is 3.00 bits per heavy atom. The van der Waals surface area contributed by atoms with Crippen LogP contribution in [0.3, 0.4) is 0 Å². The highest BCUT2D eigenvalue weighted by molar-refractivity contribution is 7.13. The number of esters is 1. The van der Waals surface area contributed by atoms with Crippen molar-refractivity contribution in [1.82, 2.24) is 9.88 Å². The van der Waals surface area contributed by atoms with E-state index < -0.39 is 0 Å². The molecule has 0 spiro atoms. The average Bonchev–Trinajstić information content (AvgIpc) is 3.02. The number of hydrogen-bond donors (Lipinski definition) is 2. The maximum atomic E-state index is 12.6. The van der Waals surface area contributed by atoms with Gasteiger partial charge in [-0.1, -0.05) is 0 Å². The molecule has 10 heteroatoms. The van der Waals surface area contributed by atoms with Gasteiger partial charge in [-0.2, -0.15) is 4.99 Å². The van der Waals surface area contributed by atoms with Gasteiger partial charge >= 0.3 is 5.97 Å². The monoisotopic (exact) mass is 369 g/mol. The fourth-order valence-electron chi connectivity index (χ4n) is 2.58. The first-order valence-electron chi connectivity index (χ1n) is 8.07. The summed E-state index contributed by atoms with van der Waals surface area (Å²) >= 11 is 1.21. The van der Waals surface area contributed by atoms with Crippen molar-refractivity contribution < 1.29 is 19.1 Å². The number of rotatable bonds is 7. The van der Waals surface area contributed by atoms with Crippen molar-refractivity contribution in [3.05, 3.63) is 11.1 Å². The molecule has 9 nitrogen and oxygen atoms in total. The molecule has 1 aromatic heterocycles. The molecular weight excluding hydrogens is 346 g/mol. The number of thiazole rings is 1. The minimum Gasteiger partial charge on any atom is -0.464 e. The number of likely N-dealkylation sites (tertiary alicyclic amines) is 1. The van der Waals surface area contributed by atoms with Crippen LogP contribution in [0.15, 0.2) is 10.4 Å². The van der Waals surface area contributed by atoms with Gasteiger partial charge in [0.1, 0.15) is 12.3 Å². The zero-order valence-corrected chi connectivity index (χ0v) is 15.0. The molecule has 1 aliphatic rings. The molecule has 1 aliphatic heterocycles. The summed E-state index contributed by atoms with van der Waals surface area (Å²) in [5.74, 6) is -0.433. The number of aromatic nitrogens is 1. The average molecular weight is 369 g/mol. The number of aliphatic imine (C=N–C) groups is 1. The number of ether oxygens (including phenoxy) is 2. The Labute approximate surface area is 150 Å². The Bertz CT molecular complexity index is 629. The molecule has 1 fully saturated rings. The van der Waals surface area contributed by atoms with Crippen LogP contribution in [-0.2, 0) is 14.3 Å². The highest BCUT2D eigenvalue weighted by Gasteiger charge is 2.26. The van der Waals surface area contributed by atoms with Crippen LogP contribution in [0.25, 0.3) is 0 Å². The van der Waals surface area contributed by atoms with Gasteiger partial charge in [0.25, 0.3) is 5.91 Å². The standard InChI is InChI=1S/C15H23N5O4S/c1-2-24-12(21)8-23-7-10-4-3-5-20(6-10)13(22)11-9-25-15(18-11)19-14(16)17/h9-10H,2-8H2,1H3,(H4,16,17,18,19). The zero-order valence-electron chi connectivity index (χ0n) is 14.1. The Morgan fingerprint density at radius 1 is 1.48 bits per heavy atom. The minimum atomic E-state index is -0.374. The molecule has 1 amide bonds. The molecule has 2 rings (SSSR count). The van der Waals surface area contributed by atoms with E-state index >= 15 is 0 Å². The van der Waals surface area contributed by atoms with E-state index in [0.29, 0.717) is 37.1 Å². The van der Waals surface area contributed by atoms with Gasteiger partial charge in [-0.3, -0.25) is 4.79 Å². The minimum absolute atomic E-state index is 0.0632. The van der Waals surface area contributed by atoms with E-state index in [2.05, 4.69) is 9.98 Å². The fourth-order valence-corrected chi connectivity index (χ4v) is 3.26. The quantitative estimate of drug-likeness (QED) is 0.406. The Kier molecular flexibility index (Phi) is 7.14. The second kappa shape index (κ2) is 9.33. The molecule has 1 atom stereocenters. The molecule has 0 radical (unpaired) electrons. The van der Waals surface area contributed by atoms with Gasteiger partial charge in [0.05, 0.1) is 13.2 Å². The summed E-state index contributed by atoms with van der Waals surface area (Å²) in [6.07, 6.45) is 1.83. The Morgan fingerprint density at radius 2 is 2.28 bits per heavy atom. The molecule has 0 bridgehead atoms. The van der Waals surface area contributed by atoms with Gasteiger partial charge < -0.3 is 25.8 Å². The smallest absolute Gasteiger partial charge is 0.332 e. The SMILES string of the molecule is CCOC(=O)COCC1CCCN(C(=O)c2csc(N=C(N)N)n2)C1. The fraction of sp³-hybridized carbons (Fsp3) is 0.600. The van der Waals surface area contributed by atoms with E-state index in [1.807, 2.05) is 0 Å². The molecule has 138 valence electrons. The van der Waals surface area contributed by atoms with Crippen LogP contribution in [0.4, 0.5) is 5.13 Å². The van der Waals surface area contributed by atoms with Crippen molar-refractivity contribution in [1.29, 1.82) is 0 Å². The molecule has 1 saturated heterocycles. The van der Waals surface area contributed by atoms with E-state index in [-0.39, 0.29) is 30.4 Å². The number of guanidine groups is 1. The summed E-state index contributed by atoms with van der Waals surface area (Å²) in [4.78, 5) is 33.6. The van der Waals surface area contributed by atoms with E-state index in [1.54, 1.807) is 17.2 Å². The number of amides is 1. The normalized spacial score (nSPS) is 17.2. The second-order valence-electron chi connectivity index (χ2n) is 5.63. The molecule has 1 aromatic rings. The molecule has 4 N–H and O–H groups in total. The predicted molar refractivity (Wildman–Crippen MR) is 93.7 cm³/mol. The summed E-state index contributed by atoms with van der Waals surface area (Å²) in [7, 11) is 0. The first-order chi connectivity index (χ1) is 12.0. The van der Waals surface area contributed by atoms with Gasteiger partial charge in [-0.25, -0.2) is 9.78 Å². The number of carbonyl (C=O) groups is 2. The molecule has 2 heterocycles. The van der Waals surface area contributed by atoms with Gasteiger partial charge in [-0.15, -0.1) is 11.3 Å². The highest BCUT2D eigenvalue weighted by atomic mass is 32.1. The van der Waals surface area contributed by atoms with Crippen LogP contribution >= 0.6 is 11.3 Å². The van der Waals surface area contributed by atoms with E-state index in [4.69, 9.17) is 20.9 Å². The maximum absolute atomic E-state index is 12.6. The van der Waals surface area contributed by atoms with E-state index in [0.717, 1.165) is 12.8 Å². The highest BCUT2D eigenvalue weighted by Crippen LogP contribution is 2.22. The third kappa shape index (κ3) is 5.98. The third-order valence-corrected chi connectivity index (χ3v) is 4.36. The number of carbonyl (C=O) groups excluding carboxylic acids is 2. The molecule has 0 aromatic carbocycles. The number of nitrogens with two attached hydrogens (primary N) is 2. The molecular formula is C15H23N5O4S. The summed E-state index contributed by atoms with van der Waals surface area (Å²) in [5.41, 5.74) is 11.0. The Balaban J connectivity index is 1.85. The maximum Gasteiger partial charge on any atom is 0.332 e. The van der Waals surface area contributed by atoms with Crippen LogP contribution < -0.4 is 11.5 Å².